The molecule has 0 bridgehead atoms. The predicted octanol–water partition coefficient (Wildman–Crippen LogP) is 17.9. The Kier molecular flexibility index (Phi) is 16.1. The standard InChI is InChI=1S/C68H70N2O2/c1-7-56-16-10-12-18-58(56)48-71-44-40-54-22-32-62(33-23-54)69(66-30-20-50(3)52(5)46-66)64-36-26-60(27-37-64)68(42-14-9-15-43-68)61-28-38-65(39-29-61)70(67-31-21-51(4)53(6)47-67)63-34-24-55(25-35-63)41-45-72-49-59-19-13-11-17-57(59)8-2/h7-8,10-13,16-39,46-47H,1-2,9,14-15,40-45,48-49H2,3-6H3. The van der Waals surface area contributed by atoms with Crippen LogP contribution in [0.2, 0.25) is 0 Å². The quantitative estimate of drug-likeness (QED) is 0.0711. The van der Waals surface area contributed by atoms with Crippen molar-refractivity contribution >= 4 is 46.3 Å². The van der Waals surface area contributed by atoms with Gasteiger partial charge in [-0.05, 0) is 193 Å². The number of hydrogen-bond donors (Lipinski definition) is 0. The molecule has 1 fully saturated rings. The summed E-state index contributed by atoms with van der Waals surface area (Å²) in [6.07, 6.45) is 11.4. The molecule has 0 radical (unpaired) electrons. The molecule has 1 saturated carbocycles. The summed E-state index contributed by atoms with van der Waals surface area (Å²) in [5, 5.41) is 0. The molecule has 0 N–H and O–H groups in total. The van der Waals surface area contributed by atoms with Crippen molar-refractivity contribution < 1.29 is 9.47 Å². The Morgan fingerprint density at radius 3 is 1.15 bits per heavy atom. The van der Waals surface area contributed by atoms with Gasteiger partial charge in [0.25, 0.3) is 0 Å². The summed E-state index contributed by atoms with van der Waals surface area (Å²) < 4.78 is 12.3. The predicted molar refractivity (Wildman–Crippen MR) is 305 cm³/mol. The van der Waals surface area contributed by atoms with Crippen molar-refractivity contribution in [3.05, 3.63) is 262 Å². The van der Waals surface area contributed by atoms with E-state index in [1.807, 2.05) is 24.3 Å². The average Bonchev–Trinajstić information content (AvgIpc) is 3.42. The van der Waals surface area contributed by atoms with Crippen molar-refractivity contribution in [2.75, 3.05) is 23.0 Å². The molecule has 364 valence electrons. The number of nitrogens with zero attached hydrogens (tertiary/aromatic N) is 2. The maximum absolute atomic E-state index is 6.13. The Morgan fingerprint density at radius 1 is 0.417 bits per heavy atom. The lowest BCUT2D eigenvalue weighted by atomic mass is 9.65. The molecular weight excluding hydrogens is 877 g/mol. The van der Waals surface area contributed by atoms with E-state index in [0.29, 0.717) is 26.4 Å². The fourth-order valence-corrected chi connectivity index (χ4v) is 10.5. The molecule has 0 aromatic heterocycles. The molecule has 0 unspecified atom stereocenters. The first kappa shape index (κ1) is 49.7. The van der Waals surface area contributed by atoms with Crippen LogP contribution in [0.4, 0.5) is 34.1 Å². The number of ether oxygens (including phenoxy) is 2. The van der Waals surface area contributed by atoms with E-state index in [1.54, 1.807) is 0 Å². The largest absolute Gasteiger partial charge is 0.376 e. The van der Waals surface area contributed by atoms with E-state index in [-0.39, 0.29) is 5.41 Å². The SMILES string of the molecule is C=Cc1ccccc1COCCc1ccc(N(c2ccc(C3(c4ccc(N(c5ccc(CCOCc6ccccc6C=C)cc5)c5ccc(C)c(C)c5)cc4)CCCCC3)cc2)c2ccc(C)c(C)c2)cc1. The molecule has 4 nitrogen and oxygen atoms in total. The van der Waals surface area contributed by atoms with Gasteiger partial charge < -0.3 is 19.3 Å². The molecule has 0 atom stereocenters. The zero-order chi connectivity index (χ0) is 49.9. The van der Waals surface area contributed by atoms with E-state index >= 15 is 0 Å². The van der Waals surface area contributed by atoms with Gasteiger partial charge >= 0.3 is 0 Å². The lowest BCUT2D eigenvalue weighted by Crippen LogP contribution is -2.30. The summed E-state index contributed by atoms with van der Waals surface area (Å²) in [6.45, 7) is 19.2. The van der Waals surface area contributed by atoms with E-state index < -0.39 is 0 Å². The third kappa shape index (κ3) is 11.4. The Balaban J connectivity index is 0.950. The highest BCUT2D eigenvalue weighted by molar-refractivity contribution is 5.79. The molecule has 8 aromatic carbocycles. The number of benzene rings is 8. The maximum atomic E-state index is 6.13. The van der Waals surface area contributed by atoms with Crippen LogP contribution < -0.4 is 9.80 Å². The second kappa shape index (κ2) is 23.3. The van der Waals surface area contributed by atoms with Gasteiger partial charge in [-0.1, -0.05) is 154 Å². The molecule has 0 spiro atoms. The number of anilines is 6. The summed E-state index contributed by atoms with van der Waals surface area (Å²) in [5.74, 6) is 0. The molecule has 9 rings (SSSR count). The van der Waals surface area contributed by atoms with Crippen molar-refractivity contribution in [3.63, 3.8) is 0 Å². The van der Waals surface area contributed by atoms with Crippen molar-refractivity contribution in [1.29, 1.82) is 0 Å². The van der Waals surface area contributed by atoms with Gasteiger partial charge in [-0.3, -0.25) is 0 Å². The normalized spacial score (nSPS) is 13.1. The van der Waals surface area contributed by atoms with E-state index in [4.69, 9.17) is 9.47 Å². The minimum atomic E-state index is -0.0686. The van der Waals surface area contributed by atoms with Crippen molar-refractivity contribution in [2.24, 2.45) is 0 Å². The molecular formula is C68H70N2O2. The smallest absolute Gasteiger partial charge is 0.0722 e. The second-order valence-corrected chi connectivity index (χ2v) is 19.7. The lowest BCUT2D eigenvalue weighted by molar-refractivity contribution is 0.123. The van der Waals surface area contributed by atoms with Crippen LogP contribution >= 0.6 is 0 Å². The number of rotatable bonds is 20. The fourth-order valence-electron chi connectivity index (χ4n) is 10.5. The van der Waals surface area contributed by atoms with Crippen LogP contribution in [0.1, 0.15) is 98.9 Å². The minimum Gasteiger partial charge on any atom is -0.376 e. The van der Waals surface area contributed by atoms with Crippen LogP contribution in [0.25, 0.3) is 12.2 Å². The third-order valence-electron chi connectivity index (χ3n) is 15.1. The first-order valence-electron chi connectivity index (χ1n) is 25.9. The Bertz CT molecular complexity index is 2870. The first-order chi connectivity index (χ1) is 35.2. The van der Waals surface area contributed by atoms with Crippen LogP contribution in [0, 0.1) is 27.7 Å². The van der Waals surface area contributed by atoms with Crippen LogP contribution in [-0.4, -0.2) is 13.2 Å². The van der Waals surface area contributed by atoms with Crippen LogP contribution in [-0.2, 0) is 40.9 Å². The summed E-state index contributed by atoms with van der Waals surface area (Å²) >= 11 is 0. The van der Waals surface area contributed by atoms with Crippen LogP contribution in [0.3, 0.4) is 0 Å². The van der Waals surface area contributed by atoms with Gasteiger partial charge in [0.05, 0.1) is 26.4 Å². The van der Waals surface area contributed by atoms with Gasteiger partial charge in [0.1, 0.15) is 0 Å². The van der Waals surface area contributed by atoms with E-state index in [9.17, 15) is 0 Å². The van der Waals surface area contributed by atoms with E-state index in [1.165, 1.54) is 74.9 Å². The van der Waals surface area contributed by atoms with Crippen LogP contribution in [0.15, 0.2) is 195 Å². The summed E-state index contributed by atoms with van der Waals surface area (Å²) in [7, 11) is 0. The van der Waals surface area contributed by atoms with Gasteiger partial charge in [0, 0.05) is 39.5 Å². The minimum absolute atomic E-state index is 0.0686. The van der Waals surface area contributed by atoms with E-state index in [2.05, 4.69) is 221 Å². The molecule has 1 aliphatic carbocycles. The zero-order valence-electron chi connectivity index (χ0n) is 42.9. The highest BCUT2D eigenvalue weighted by Crippen LogP contribution is 2.47. The molecule has 0 heterocycles. The summed E-state index contributed by atoms with van der Waals surface area (Å²) in [6, 6.07) is 67.2. The van der Waals surface area contributed by atoms with Gasteiger partial charge in [0.15, 0.2) is 0 Å². The maximum Gasteiger partial charge on any atom is 0.0722 e. The number of aryl methyl sites for hydroxylation is 4. The third-order valence-corrected chi connectivity index (χ3v) is 15.1. The van der Waals surface area contributed by atoms with Gasteiger partial charge in [0.2, 0.25) is 0 Å². The van der Waals surface area contributed by atoms with Crippen LogP contribution in [0.5, 0.6) is 0 Å². The van der Waals surface area contributed by atoms with Gasteiger partial charge in [-0.25, -0.2) is 0 Å². The Hall–Kier alpha value is -7.24. The Labute approximate surface area is 429 Å². The molecule has 1 aliphatic rings. The summed E-state index contributed by atoms with van der Waals surface area (Å²) in [5.41, 5.74) is 21.8. The summed E-state index contributed by atoms with van der Waals surface area (Å²) in [4.78, 5) is 4.80. The zero-order valence-corrected chi connectivity index (χ0v) is 42.9. The highest BCUT2D eigenvalue weighted by atomic mass is 16.5. The van der Waals surface area contributed by atoms with Crippen molar-refractivity contribution in [1.82, 2.24) is 0 Å². The molecule has 0 amide bonds. The monoisotopic (exact) mass is 947 g/mol. The molecule has 8 aromatic rings. The van der Waals surface area contributed by atoms with Gasteiger partial charge in [-0.2, -0.15) is 0 Å². The fraction of sp³-hybridized carbons (Fsp3) is 0.235. The highest BCUT2D eigenvalue weighted by Gasteiger charge is 2.36. The topological polar surface area (TPSA) is 24.9 Å². The van der Waals surface area contributed by atoms with E-state index in [0.717, 1.165) is 70.9 Å². The first-order valence-corrected chi connectivity index (χ1v) is 25.9. The van der Waals surface area contributed by atoms with Gasteiger partial charge in [-0.15, -0.1) is 0 Å². The second-order valence-electron chi connectivity index (χ2n) is 19.7. The average molecular weight is 947 g/mol. The lowest BCUT2D eigenvalue weighted by Gasteiger charge is -2.39. The molecule has 0 saturated heterocycles. The molecule has 4 heteroatoms. The molecule has 0 aliphatic heterocycles. The van der Waals surface area contributed by atoms with Crippen molar-refractivity contribution in [3.8, 4) is 0 Å². The Morgan fingerprint density at radius 2 is 0.778 bits per heavy atom. The number of hydrogen-bond acceptors (Lipinski definition) is 4. The molecule has 72 heavy (non-hydrogen) atoms. The van der Waals surface area contributed by atoms with Crippen molar-refractivity contribution in [2.45, 2.75) is 91.3 Å².